The number of thiophene rings is 1. The molecule has 1 unspecified atom stereocenters. The highest BCUT2D eigenvalue weighted by atomic mass is 79.9. The topological polar surface area (TPSA) is 39.7 Å². The molecule has 1 atom stereocenters. The lowest BCUT2D eigenvalue weighted by Gasteiger charge is -2.21. The summed E-state index contributed by atoms with van der Waals surface area (Å²) in [6.07, 6.45) is 2.37. The fraction of sp³-hybridized carbons (Fsp3) is 0.688. The highest BCUT2D eigenvalue weighted by molar-refractivity contribution is 9.11. The van der Waals surface area contributed by atoms with Crippen LogP contribution in [0.3, 0.4) is 0 Å². The molecule has 0 saturated heterocycles. The molecule has 6 heteroatoms. The van der Waals surface area contributed by atoms with Gasteiger partial charge >= 0.3 is 0 Å². The smallest absolute Gasteiger partial charge is 0.191 e. The van der Waals surface area contributed by atoms with E-state index >= 15 is 0 Å². The van der Waals surface area contributed by atoms with Crippen LogP contribution in [-0.4, -0.2) is 43.6 Å². The fourth-order valence-corrected chi connectivity index (χ4v) is 3.70. The molecule has 0 aromatic carbocycles. The van der Waals surface area contributed by atoms with Gasteiger partial charge in [-0.15, -0.1) is 11.3 Å². The molecule has 0 bridgehead atoms. The highest BCUT2D eigenvalue weighted by Crippen LogP contribution is 2.21. The molecule has 0 aliphatic heterocycles. The Kier molecular flexibility index (Phi) is 9.75. The number of hydrogen-bond donors (Lipinski definition) is 2. The molecular weight excluding hydrogens is 360 g/mol. The predicted octanol–water partition coefficient (Wildman–Crippen LogP) is 3.69. The fourth-order valence-electron chi connectivity index (χ4n) is 2.28. The van der Waals surface area contributed by atoms with Crippen LogP contribution in [0.25, 0.3) is 0 Å². The van der Waals surface area contributed by atoms with Gasteiger partial charge in [0.05, 0.1) is 10.3 Å². The summed E-state index contributed by atoms with van der Waals surface area (Å²) in [6, 6.07) is 4.63. The number of nitrogens with zero attached hydrogens (tertiary/aromatic N) is 2. The van der Waals surface area contributed by atoms with Gasteiger partial charge in [0.25, 0.3) is 0 Å². The van der Waals surface area contributed by atoms with Crippen molar-refractivity contribution in [1.82, 2.24) is 15.5 Å². The third-order valence-electron chi connectivity index (χ3n) is 3.67. The summed E-state index contributed by atoms with van der Waals surface area (Å²) >= 11 is 5.24. The Bertz CT molecular complexity index is 443. The third kappa shape index (κ3) is 7.61. The van der Waals surface area contributed by atoms with Crippen LogP contribution < -0.4 is 10.6 Å². The van der Waals surface area contributed by atoms with Crippen molar-refractivity contribution in [2.75, 3.05) is 26.7 Å². The van der Waals surface area contributed by atoms with E-state index in [2.05, 4.69) is 69.4 Å². The summed E-state index contributed by atoms with van der Waals surface area (Å²) in [7, 11) is 1.82. The molecule has 0 aliphatic rings. The number of rotatable bonds is 9. The molecule has 0 spiro atoms. The number of nitrogens with one attached hydrogen (secondary N) is 2. The number of hydrogen-bond acceptors (Lipinski definition) is 3. The van der Waals surface area contributed by atoms with E-state index < -0.39 is 0 Å². The number of aliphatic imine (C=N–C) groups is 1. The summed E-state index contributed by atoms with van der Waals surface area (Å²) in [6.45, 7) is 10.9. The normalized spacial score (nSPS) is 13.5. The summed E-state index contributed by atoms with van der Waals surface area (Å²) in [4.78, 5) is 8.06. The monoisotopic (exact) mass is 388 g/mol. The van der Waals surface area contributed by atoms with Crippen molar-refractivity contribution >= 4 is 33.2 Å². The summed E-state index contributed by atoms with van der Waals surface area (Å²) < 4.78 is 1.16. The lowest BCUT2D eigenvalue weighted by molar-refractivity contribution is 0.292. The lowest BCUT2D eigenvalue weighted by Crippen LogP contribution is -2.42. The van der Waals surface area contributed by atoms with E-state index in [9.17, 15) is 0 Å². The molecule has 1 aromatic rings. The van der Waals surface area contributed by atoms with Crippen molar-refractivity contribution in [3.8, 4) is 0 Å². The first-order valence-electron chi connectivity index (χ1n) is 8.02. The van der Waals surface area contributed by atoms with Crippen molar-refractivity contribution in [2.45, 2.75) is 46.2 Å². The maximum atomic E-state index is 4.30. The predicted molar refractivity (Wildman–Crippen MR) is 102 cm³/mol. The van der Waals surface area contributed by atoms with Gasteiger partial charge in [-0.2, -0.15) is 0 Å². The minimum atomic E-state index is 0.428. The molecule has 2 N–H and O–H groups in total. The highest BCUT2D eigenvalue weighted by Gasteiger charge is 2.07. The summed E-state index contributed by atoms with van der Waals surface area (Å²) in [5, 5.41) is 6.84. The van der Waals surface area contributed by atoms with Gasteiger partial charge in [-0.25, -0.2) is 0 Å². The molecule has 1 rings (SSSR count). The first kappa shape index (κ1) is 19.5. The van der Waals surface area contributed by atoms with Gasteiger partial charge < -0.3 is 15.5 Å². The molecule has 0 aliphatic carbocycles. The van der Waals surface area contributed by atoms with Gasteiger partial charge in [0, 0.05) is 18.0 Å². The Morgan fingerprint density at radius 2 is 2.09 bits per heavy atom. The van der Waals surface area contributed by atoms with Gasteiger partial charge in [-0.05, 0) is 67.5 Å². The minimum absolute atomic E-state index is 0.428. The maximum absolute atomic E-state index is 4.30. The first-order valence-corrected chi connectivity index (χ1v) is 9.63. The average molecular weight is 389 g/mol. The van der Waals surface area contributed by atoms with Gasteiger partial charge in [0.1, 0.15) is 0 Å². The SMILES string of the molecule is CCN(CC)CCCC(C)NC(=NC)NCc1ccc(Br)s1. The molecule has 4 nitrogen and oxygen atoms in total. The van der Waals surface area contributed by atoms with Crippen LogP contribution in [-0.2, 0) is 6.54 Å². The van der Waals surface area contributed by atoms with Gasteiger partial charge in [0.15, 0.2) is 5.96 Å². The molecule has 126 valence electrons. The molecule has 0 radical (unpaired) electrons. The standard InChI is InChI=1S/C16H29BrN4S/c1-5-21(6-2)11-7-8-13(3)20-16(18-4)19-12-14-9-10-15(17)22-14/h9-10,13H,5-8,11-12H2,1-4H3,(H2,18,19,20). The summed E-state index contributed by atoms with van der Waals surface area (Å²) in [5.41, 5.74) is 0. The second kappa shape index (κ2) is 11.0. The Morgan fingerprint density at radius 1 is 1.36 bits per heavy atom. The Labute approximate surface area is 147 Å². The van der Waals surface area contributed by atoms with Crippen LogP contribution in [0.1, 0.15) is 38.5 Å². The van der Waals surface area contributed by atoms with E-state index in [4.69, 9.17) is 0 Å². The van der Waals surface area contributed by atoms with E-state index in [1.54, 1.807) is 11.3 Å². The van der Waals surface area contributed by atoms with Gasteiger partial charge in [-0.3, -0.25) is 4.99 Å². The molecular formula is C16H29BrN4S. The van der Waals surface area contributed by atoms with Crippen molar-refractivity contribution in [2.24, 2.45) is 4.99 Å². The number of guanidine groups is 1. The zero-order chi connectivity index (χ0) is 16.4. The van der Waals surface area contributed by atoms with E-state index in [1.165, 1.54) is 17.8 Å². The quantitative estimate of drug-likeness (QED) is 0.500. The Hall–Kier alpha value is -0.590. The van der Waals surface area contributed by atoms with Crippen molar-refractivity contribution in [1.29, 1.82) is 0 Å². The van der Waals surface area contributed by atoms with Crippen LogP contribution in [0, 0.1) is 0 Å². The molecule has 0 fully saturated rings. The van der Waals surface area contributed by atoms with Crippen molar-refractivity contribution in [3.63, 3.8) is 0 Å². The van der Waals surface area contributed by atoms with Crippen LogP contribution in [0.4, 0.5) is 0 Å². The van der Waals surface area contributed by atoms with Gasteiger partial charge in [-0.1, -0.05) is 13.8 Å². The Morgan fingerprint density at radius 3 is 2.64 bits per heavy atom. The van der Waals surface area contributed by atoms with E-state index in [0.29, 0.717) is 6.04 Å². The van der Waals surface area contributed by atoms with E-state index in [-0.39, 0.29) is 0 Å². The maximum Gasteiger partial charge on any atom is 0.191 e. The molecule has 1 heterocycles. The Balaban J connectivity index is 2.26. The van der Waals surface area contributed by atoms with Crippen LogP contribution in [0.5, 0.6) is 0 Å². The first-order chi connectivity index (χ1) is 10.6. The van der Waals surface area contributed by atoms with Crippen LogP contribution in [0.15, 0.2) is 20.9 Å². The molecule has 1 aromatic heterocycles. The summed E-state index contributed by atoms with van der Waals surface area (Å²) in [5.74, 6) is 0.875. The second-order valence-corrected chi connectivity index (χ2v) is 7.89. The molecule has 0 amide bonds. The van der Waals surface area contributed by atoms with Crippen molar-refractivity contribution < 1.29 is 0 Å². The third-order valence-corrected chi connectivity index (χ3v) is 5.30. The average Bonchev–Trinajstić information content (AvgIpc) is 2.93. The van der Waals surface area contributed by atoms with Crippen LogP contribution in [0.2, 0.25) is 0 Å². The molecule has 22 heavy (non-hydrogen) atoms. The zero-order valence-corrected chi connectivity index (χ0v) is 16.6. The van der Waals surface area contributed by atoms with E-state index in [0.717, 1.165) is 35.8 Å². The largest absolute Gasteiger partial charge is 0.354 e. The second-order valence-electron chi connectivity index (χ2n) is 5.35. The van der Waals surface area contributed by atoms with Crippen LogP contribution >= 0.6 is 27.3 Å². The minimum Gasteiger partial charge on any atom is -0.354 e. The number of halogens is 1. The van der Waals surface area contributed by atoms with Gasteiger partial charge in [0.2, 0.25) is 0 Å². The molecule has 0 saturated carbocycles. The van der Waals surface area contributed by atoms with E-state index in [1.807, 2.05) is 7.05 Å². The lowest BCUT2D eigenvalue weighted by atomic mass is 10.2. The zero-order valence-electron chi connectivity index (χ0n) is 14.2. The van der Waals surface area contributed by atoms with Crippen molar-refractivity contribution in [3.05, 3.63) is 20.8 Å².